The van der Waals surface area contributed by atoms with Gasteiger partial charge in [-0.15, -0.1) is 0 Å². The van der Waals surface area contributed by atoms with Crippen LogP contribution in [-0.2, 0) is 14.4 Å². The van der Waals surface area contributed by atoms with Crippen LogP contribution in [0.15, 0.2) is 36.4 Å². The number of benzene rings is 2. The Bertz CT molecular complexity index is 1250. The maximum Gasteiger partial charge on any atom is 0.263 e. The molecule has 3 aliphatic carbocycles. The molecule has 3 amide bonds. The van der Waals surface area contributed by atoms with Gasteiger partial charge in [0.15, 0.2) is 12.7 Å². The lowest BCUT2D eigenvalue weighted by Gasteiger charge is -2.41. The van der Waals surface area contributed by atoms with E-state index in [1.54, 1.807) is 18.2 Å². The van der Waals surface area contributed by atoms with Crippen LogP contribution in [-0.4, -0.2) is 60.3 Å². The highest BCUT2D eigenvalue weighted by atomic mass is 35.5. The number of carbonyl (C=O) groups excluding carboxylic acids is 3. The molecule has 6 rings (SSSR count). The van der Waals surface area contributed by atoms with Crippen molar-refractivity contribution in [2.24, 2.45) is 5.92 Å². The molecular formula is C25H24Cl2FN3O6. The second kappa shape index (κ2) is 10.00. The van der Waals surface area contributed by atoms with Crippen LogP contribution in [0.25, 0.3) is 0 Å². The van der Waals surface area contributed by atoms with Gasteiger partial charge in [0.2, 0.25) is 0 Å². The summed E-state index contributed by atoms with van der Waals surface area (Å²) in [6.07, 6.45) is 0.971. The number of fused-ring (bicyclic) bond motifs is 2. The molecule has 2 unspecified atom stereocenters. The number of rotatable bonds is 7. The maximum atomic E-state index is 13.5. The van der Waals surface area contributed by atoms with Crippen LogP contribution >= 0.6 is 23.2 Å². The van der Waals surface area contributed by atoms with Gasteiger partial charge in [0.05, 0.1) is 17.3 Å². The van der Waals surface area contributed by atoms with Crippen molar-refractivity contribution >= 4 is 46.6 Å². The Morgan fingerprint density at radius 1 is 1.16 bits per heavy atom. The quantitative estimate of drug-likeness (QED) is 0.486. The molecule has 1 aliphatic heterocycles. The molecule has 2 bridgehead atoms. The minimum Gasteiger partial charge on any atom is -0.484 e. The molecule has 0 saturated heterocycles. The van der Waals surface area contributed by atoms with Crippen LogP contribution in [0.3, 0.4) is 0 Å². The van der Waals surface area contributed by atoms with Crippen LogP contribution in [0, 0.1) is 11.7 Å². The van der Waals surface area contributed by atoms with Crippen molar-refractivity contribution in [1.82, 2.24) is 10.6 Å². The Labute approximate surface area is 221 Å². The predicted octanol–water partition coefficient (Wildman–Crippen LogP) is 2.45. The van der Waals surface area contributed by atoms with Gasteiger partial charge in [-0.1, -0.05) is 23.2 Å². The molecule has 2 aromatic rings. The van der Waals surface area contributed by atoms with Gasteiger partial charge >= 0.3 is 0 Å². The largest absolute Gasteiger partial charge is 0.484 e. The summed E-state index contributed by atoms with van der Waals surface area (Å²) in [6.45, 7) is -1.07. The van der Waals surface area contributed by atoms with E-state index in [9.17, 15) is 23.9 Å². The van der Waals surface area contributed by atoms with Crippen molar-refractivity contribution in [3.8, 4) is 11.5 Å². The Morgan fingerprint density at radius 2 is 1.95 bits per heavy atom. The summed E-state index contributed by atoms with van der Waals surface area (Å²) in [6, 6.07) is 8.52. The van der Waals surface area contributed by atoms with Crippen LogP contribution < -0.4 is 25.0 Å². The van der Waals surface area contributed by atoms with Crippen molar-refractivity contribution < 1.29 is 33.4 Å². The molecule has 3 saturated carbocycles. The van der Waals surface area contributed by atoms with Crippen molar-refractivity contribution in [2.45, 2.75) is 36.9 Å². The summed E-state index contributed by atoms with van der Waals surface area (Å²) in [5.41, 5.74) is -0.0837. The van der Waals surface area contributed by atoms with Gasteiger partial charge < -0.3 is 30.1 Å². The van der Waals surface area contributed by atoms with Crippen molar-refractivity contribution in [1.29, 1.82) is 0 Å². The molecule has 0 aromatic heterocycles. The van der Waals surface area contributed by atoms with E-state index in [-0.39, 0.29) is 47.7 Å². The molecule has 3 fully saturated rings. The normalized spacial score (nSPS) is 25.4. The molecular weight excluding hydrogens is 528 g/mol. The number of anilines is 1. The van der Waals surface area contributed by atoms with E-state index in [0.29, 0.717) is 35.7 Å². The van der Waals surface area contributed by atoms with Gasteiger partial charge in [-0.2, -0.15) is 0 Å². The third-order valence-corrected chi connectivity index (χ3v) is 7.58. The monoisotopic (exact) mass is 551 g/mol. The van der Waals surface area contributed by atoms with Crippen molar-refractivity contribution in [3.05, 3.63) is 52.3 Å². The number of hydrogen-bond donors (Lipinski definition) is 3. The Morgan fingerprint density at radius 3 is 2.68 bits per heavy atom. The minimum absolute atomic E-state index is 0.0326. The summed E-state index contributed by atoms with van der Waals surface area (Å²) >= 11 is 11.7. The second-order valence-corrected chi connectivity index (χ2v) is 10.4. The van der Waals surface area contributed by atoms with Gasteiger partial charge in [0, 0.05) is 22.7 Å². The molecule has 9 nitrogen and oxygen atoms in total. The average Bonchev–Trinajstić information content (AvgIpc) is 3.36. The highest BCUT2D eigenvalue weighted by Gasteiger charge is 2.57. The fraction of sp³-hybridized carbons (Fsp3) is 0.400. The Balaban J connectivity index is 1.16. The number of aliphatic hydroxyl groups is 1. The molecule has 2 atom stereocenters. The van der Waals surface area contributed by atoms with E-state index in [2.05, 4.69) is 10.6 Å². The van der Waals surface area contributed by atoms with E-state index in [1.807, 2.05) is 0 Å². The SMILES string of the molecule is O=C(COc1ccc(Cl)c(F)c1)NC1CC2(NC(=O)C3CN(C(=O)CO)c4cc(Cl)ccc4O3)CC1C2. The van der Waals surface area contributed by atoms with Gasteiger partial charge in [0.1, 0.15) is 23.9 Å². The number of amides is 3. The predicted molar refractivity (Wildman–Crippen MR) is 132 cm³/mol. The molecule has 0 spiro atoms. The molecule has 1 heterocycles. The molecule has 2 aromatic carbocycles. The van der Waals surface area contributed by atoms with Gasteiger partial charge in [-0.3, -0.25) is 14.4 Å². The first kappa shape index (κ1) is 25.6. The summed E-state index contributed by atoms with van der Waals surface area (Å²) in [7, 11) is 0. The Hall–Kier alpha value is -3.08. The molecule has 4 aliphatic rings. The smallest absolute Gasteiger partial charge is 0.263 e. The first-order valence-electron chi connectivity index (χ1n) is 11.7. The third kappa shape index (κ3) is 5.18. The first-order chi connectivity index (χ1) is 17.7. The number of halogens is 3. The van der Waals surface area contributed by atoms with Gasteiger partial charge in [-0.05, 0) is 55.5 Å². The molecule has 12 heteroatoms. The molecule has 3 N–H and O–H groups in total. The van der Waals surface area contributed by atoms with Crippen LogP contribution in [0.5, 0.6) is 11.5 Å². The number of carbonyl (C=O) groups is 3. The molecule has 0 radical (unpaired) electrons. The van der Waals surface area contributed by atoms with Crippen LogP contribution in [0.1, 0.15) is 19.3 Å². The summed E-state index contributed by atoms with van der Waals surface area (Å²) < 4.78 is 24.8. The number of aliphatic hydroxyl groups excluding tert-OH is 1. The maximum absolute atomic E-state index is 13.5. The van der Waals surface area contributed by atoms with E-state index in [4.69, 9.17) is 32.7 Å². The third-order valence-electron chi connectivity index (χ3n) is 7.04. The number of nitrogens with one attached hydrogen (secondary N) is 2. The standard InChI is InChI=1S/C25H24Cl2FN3O6/c26-14-1-4-20-19(5-14)31(23(34)11-32)10-21(37-20)24(35)30-25-7-13(8-25)18(9-25)29-22(33)12-36-15-2-3-16(27)17(28)6-15/h1-6,13,18,21,32H,7-12H2,(H,29,33)(H,30,35). The molecule has 37 heavy (non-hydrogen) atoms. The summed E-state index contributed by atoms with van der Waals surface area (Å²) in [4.78, 5) is 39.2. The average molecular weight is 552 g/mol. The van der Waals surface area contributed by atoms with E-state index < -0.39 is 30.0 Å². The minimum atomic E-state index is -0.973. The highest BCUT2D eigenvalue weighted by Crippen LogP contribution is 2.52. The summed E-state index contributed by atoms with van der Waals surface area (Å²) in [5.74, 6) is -1.21. The van der Waals surface area contributed by atoms with Gasteiger partial charge in [0.25, 0.3) is 17.7 Å². The second-order valence-electron chi connectivity index (χ2n) is 9.56. The lowest BCUT2D eigenvalue weighted by atomic mass is 9.76. The van der Waals surface area contributed by atoms with Gasteiger partial charge in [-0.25, -0.2) is 4.39 Å². The zero-order valence-corrected chi connectivity index (χ0v) is 21.0. The van der Waals surface area contributed by atoms with E-state index in [1.165, 1.54) is 17.0 Å². The van der Waals surface area contributed by atoms with Crippen molar-refractivity contribution in [2.75, 3.05) is 24.7 Å². The first-order valence-corrected chi connectivity index (χ1v) is 12.5. The fourth-order valence-corrected chi connectivity index (χ4v) is 5.61. The zero-order valence-electron chi connectivity index (χ0n) is 19.5. The number of ether oxygens (including phenoxy) is 2. The number of hydrogen-bond acceptors (Lipinski definition) is 6. The van der Waals surface area contributed by atoms with Crippen LogP contribution in [0.4, 0.5) is 10.1 Å². The fourth-order valence-electron chi connectivity index (χ4n) is 5.32. The van der Waals surface area contributed by atoms with E-state index >= 15 is 0 Å². The lowest BCUT2D eigenvalue weighted by molar-refractivity contribution is -0.131. The summed E-state index contributed by atoms with van der Waals surface area (Å²) in [5, 5.41) is 15.7. The lowest BCUT2D eigenvalue weighted by Crippen LogP contribution is -2.58. The topological polar surface area (TPSA) is 117 Å². The number of nitrogens with zero attached hydrogens (tertiary/aromatic N) is 1. The Kier molecular flexibility index (Phi) is 6.91. The van der Waals surface area contributed by atoms with E-state index in [0.717, 1.165) is 6.07 Å². The molecule has 196 valence electrons. The van der Waals surface area contributed by atoms with Crippen LogP contribution in [0.2, 0.25) is 10.0 Å². The zero-order chi connectivity index (χ0) is 26.3. The highest BCUT2D eigenvalue weighted by molar-refractivity contribution is 6.31. The van der Waals surface area contributed by atoms with Crippen molar-refractivity contribution in [3.63, 3.8) is 0 Å².